The third-order valence-electron chi connectivity index (χ3n) is 7.54. The second-order valence-electron chi connectivity index (χ2n) is 13.2. The topological polar surface area (TPSA) is 35.5 Å². The van der Waals surface area contributed by atoms with Gasteiger partial charge in [0.25, 0.3) is 0 Å². The van der Waals surface area contributed by atoms with E-state index in [1.165, 1.54) is 28.3 Å². The van der Waals surface area contributed by atoms with Gasteiger partial charge >= 0.3 is 5.97 Å². The molecule has 0 radical (unpaired) electrons. The highest BCUT2D eigenvalue weighted by molar-refractivity contribution is 6.74. The van der Waals surface area contributed by atoms with Crippen LogP contribution in [0.5, 0.6) is 5.75 Å². The number of unbranched alkanes of at least 4 members (excludes halogenated alkanes) is 1. The summed E-state index contributed by atoms with van der Waals surface area (Å²) < 4.78 is 12.0. The summed E-state index contributed by atoms with van der Waals surface area (Å²) >= 11 is 0. The fourth-order valence-electron chi connectivity index (χ4n) is 4.32. The standard InChI is InChI=1S/C37H48O3Si/c1-10-11-17-33(29-15-13-12-14-16-29)35(31-23-25-32(26-24-31)40-41(8,9)37(5,6)7)30-21-18-28(19-22-30)20-27-34(38)39-36(2,3)4/h12-16,18-27H,10-11,17H2,1-9H3. The molecule has 41 heavy (non-hydrogen) atoms. The van der Waals surface area contributed by atoms with Crippen LogP contribution in [0.4, 0.5) is 0 Å². The maximum absolute atomic E-state index is 12.2. The Kier molecular flexibility index (Phi) is 10.6. The molecule has 0 spiro atoms. The second-order valence-corrected chi connectivity index (χ2v) is 17.9. The van der Waals surface area contributed by atoms with Crippen LogP contribution in [-0.4, -0.2) is 19.9 Å². The van der Waals surface area contributed by atoms with E-state index in [2.05, 4.69) is 120 Å². The number of ether oxygens (including phenoxy) is 1. The number of carbonyl (C=O) groups is 1. The highest BCUT2D eigenvalue weighted by Crippen LogP contribution is 2.39. The van der Waals surface area contributed by atoms with E-state index in [0.717, 1.165) is 36.1 Å². The lowest BCUT2D eigenvalue weighted by molar-refractivity contribution is -0.148. The first kappa shape index (κ1) is 32.1. The highest BCUT2D eigenvalue weighted by Gasteiger charge is 2.39. The van der Waals surface area contributed by atoms with Crippen LogP contribution >= 0.6 is 0 Å². The fraction of sp³-hybridized carbons (Fsp3) is 0.378. The molecule has 0 atom stereocenters. The lowest BCUT2D eigenvalue weighted by Crippen LogP contribution is -2.43. The first-order valence-corrected chi connectivity index (χ1v) is 17.7. The summed E-state index contributed by atoms with van der Waals surface area (Å²) in [5, 5.41) is 0.136. The summed E-state index contributed by atoms with van der Waals surface area (Å²) in [7, 11) is -1.93. The molecular weight excluding hydrogens is 520 g/mol. The van der Waals surface area contributed by atoms with E-state index in [1.807, 2.05) is 26.8 Å². The smallest absolute Gasteiger partial charge is 0.331 e. The van der Waals surface area contributed by atoms with Crippen molar-refractivity contribution in [1.82, 2.24) is 0 Å². The molecule has 0 amide bonds. The summed E-state index contributed by atoms with van der Waals surface area (Å²) in [5.41, 5.74) is 6.56. The van der Waals surface area contributed by atoms with Crippen LogP contribution in [0, 0.1) is 0 Å². The molecule has 3 rings (SSSR count). The highest BCUT2D eigenvalue weighted by atomic mass is 28.4. The molecular formula is C37H48O3Si. The Bertz CT molecular complexity index is 1330. The lowest BCUT2D eigenvalue weighted by Gasteiger charge is -2.36. The van der Waals surface area contributed by atoms with Gasteiger partial charge in [0.05, 0.1) is 0 Å². The van der Waals surface area contributed by atoms with Crippen molar-refractivity contribution in [2.24, 2.45) is 0 Å². The minimum Gasteiger partial charge on any atom is -0.544 e. The van der Waals surface area contributed by atoms with Crippen molar-refractivity contribution >= 4 is 31.5 Å². The summed E-state index contributed by atoms with van der Waals surface area (Å²) in [6, 6.07) is 27.8. The first-order valence-electron chi connectivity index (χ1n) is 14.8. The minimum atomic E-state index is -1.93. The Balaban J connectivity index is 2.06. The molecule has 0 N–H and O–H groups in total. The van der Waals surface area contributed by atoms with Gasteiger partial charge in [0.15, 0.2) is 0 Å². The number of esters is 1. The number of hydrogen-bond donors (Lipinski definition) is 0. The number of carbonyl (C=O) groups excluding carboxylic acids is 1. The summed E-state index contributed by atoms with van der Waals surface area (Å²) in [6.45, 7) is 19.2. The summed E-state index contributed by atoms with van der Waals surface area (Å²) in [4.78, 5) is 12.2. The fourth-order valence-corrected chi connectivity index (χ4v) is 5.35. The molecule has 0 saturated carbocycles. The van der Waals surface area contributed by atoms with Crippen LogP contribution < -0.4 is 4.43 Å². The molecule has 0 aromatic heterocycles. The van der Waals surface area contributed by atoms with E-state index in [0.29, 0.717) is 0 Å². The zero-order chi connectivity index (χ0) is 30.3. The van der Waals surface area contributed by atoms with E-state index in [1.54, 1.807) is 0 Å². The van der Waals surface area contributed by atoms with Crippen LogP contribution in [-0.2, 0) is 9.53 Å². The quantitative estimate of drug-likeness (QED) is 0.106. The van der Waals surface area contributed by atoms with Crippen molar-refractivity contribution in [2.45, 2.75) is 91.5 Å². The predicted molar refractivity (Wildman–Crippen MR) is 177 cm³/mol. The third kappa shape index (κ3) is 9.32. The molecule has 0 aliphatic heterocycles. The Morgan fingerprint density at radius 3 is 1.85 bits per heavy atom. The molecule has 0 saturated heterocycles. The van der Waals surface area contributed by atoms with Gasteiger partial charge in [-0.05, 0) is 103 Å². The lowest BCUT2D eigenvalue weighted by atomic mass is 9.86. The summed E-state index contributed by atoms with van der Waals surface area (Å²) in [6.07, 6.45) is 6.52. The molecule has 0 fully saturated rings. The van der Waals surface area contributed by atoms with Gasteiger partial charge in [-0.1, -0.05) is 101 Å². The molecule has 0 aliphatic carbocycles. The van der Waals surface area contributed by atoms with Gasteiger partial charge in [-0.3, -0.25) is 0 Å². The van der Waals surface area contributed by atoms with Gasteiger partial charge in [0.2, 0.25) is 8.32 Å². The largest absolute Gasteiger partial charge is 0.544 e. The average molecular weight is 569 g/mol. The molecule has 0 heterocycles. The molecule has 0 aliphatic rings. The zero-order valence-electron chi connectivity index (χ0n) is 26.5. The molecule has 218 valence electrons. The maximum atomic E-state index is 12.2. The first-order chi connectivity index (χ1) is 19.2. The number of rotatable bonds is 10. The zero-order valence-corrected chi connectivity index (χ0v) is 27.5. The van der Waals surface area contributed by atoms with Gasteiger partial charge in [-0.15, -0.1) is 0 Å². The average Bonchev–Trinajstić information content (AvgIpc) is 2.90. The normalized spacial score (nSPS) is 13.2. The van der Waals surface area contributed by atoms with E-state index in [-0.39, 0.29) is 11.0 Å². The van der Waals surface area contributed by atoms with E-state index < -0.39 is 13.9 Å². The molecule has 4 heteroatoms. The SMILES string of the molecule is CCCCC(=C(c1ccc(C=CC(=O)OC(C)(C)C)cc1)c1ccc(O[Si](C)(C)C(C)(C)C)cc1)c1ccccc1. The third-order valence-corrected chi connectivity index (χ3v) is 11.9. The van der Waals surface area contributed by atoms with Gasteiger partial charge in [0.1, 0.15) is 11.4 Å². The van der Waals surface area contributed by atoms with Crippen LogP contribution in [0.25, 0.3) is 17.2 Å². The van der Waals surface area contributed by atoms with Crippen molar-refractivity contribution in [1.29, 1.82) is 0 Å². The Morgan fingerprint density at radius 1 is 0.780 bits per heavy atom. The van der Waals surface area contributed by atoms with E-state index >= 15 is 0 Å². The van der Waals surface area contributed by atoms with E-state index in [4.69, 9.17) is 9.16 Å². The molecule has 0 unspecified atom stereocenters. The van der Waals surface area contributed by atoms with Crippen LogP contribution in [0.2, 0.25) is 18.1 Å². The predicted octanol–water partition coefficient (Wildman–Crippen LogP) is 10.6. The van der Waals surface area contributed by atoms with Crippen LogP contribution in [0.15, 0.2) is 84.9 Å². The number of hydrogen-bond acceptors (Lipinski definition) is 3. The van der Waals surface area contributed by atoms with Gasteiger partial charge in [-0.25, -0.2) is 4.79 Å². The monoisotopic (exact) mass is 568 g/mol. The van der Waals surface area contributed by atoms with Gasteiger partial charge < -0.3 is 9.16 Å². The molecule has 3 nitrogen and oxygen atoms in total. The second kappa shape index (κ2) is 13.5. The van der Waals surface area contributed by atoms with Gasteiger partial charge in [0, 0.05) is 6.08 Å². The number of benzene rings is 3. The van der Waals surface area contributed by atoms with Crippen molar-refractivity contribution in [3.05, 3.63) is 107 Å². The molecule has 3 aromatic carbocycles. The Morgan fingerprint density at radius 2 is 1.34 bits per heavy atom. The van der Waals surface area contributed by atoms with E-state index in [9.17, 15) is 4.79 Å². The molecule has 0 bridgehead atoms. The van der Waals surface area contributed by atoms with Crippen molar-refractivity contribution in [3.63, 3.8) is 0 Å². The van der Waals surface area contributed by atoms with Crippen molar-refractivity contribution < 1.29 is 14.0 Å². The van der Waals surface area contributed by atoms with Crippen LogP contribution in [0.1, 0.15) is 90.0 Å². The maximum Gasteiger partial charge on any atom is 0.331 e. The van der Waals surface area contributed by atoms with Crippen molar-refractivity contribution in [3.8, 4) is 5.75 Å². The Labute approximate surface area is 249 Å². The van der Waals surface area contributed by atoms with Gasteiger partial charge in [-0.2, -0.15) is 0 Å². The molecule has 3 aromatic rings. The minimum absolute atomic E-state index is 0.136. The Hall–Kier alpha value is -3.37. The van der Waals surface area contributed by atoms with Crippen molar-refractivity contribution in [2.75, 3.05) is 0 Å². The number of allylic oxidation sites excluding steroid dienone is 1. The summed E-state index contributed by atoms with van der Waals surface area (Å²) in [5.74, 6) is 0.588. The van der Waals surface area contributed by atoms with Crippen LogP contribution in [0.3, 0.4) is 0 Å².